The first-order valence-electron chi connectivity index (χ1n) is 9.05. The molecular formula is C21H19N3O2S. The van der Waals surface area contributed by atoms with Gasteiger partial charge in [-0.3, -0.25) is 0 Å². The number of aromatic nitrogens is 2. The van der Waals surface area contributed by atoms with E-state index in [0.717, 1.165) is 53.0 Å². The molecule has 2 N–H and O–H groups in total. The maximum absolute atomic E-state index is 6.58. The quantitative estimate of drug-likeness (QED) is 0.553. The number of nitrogens with zero attached hydrogens (tertiary/aromatic N) is 2. The molecule has 0 radical (unpaired) electrons. The summed E-state index contributed by atoms with van der Waals surface area (Å²) in [5.74, 6) is 0.797. The highest BCUT2D eigenvalue weighted by Crippen LogP contribution is 2.43. The predicted octanol–water partition coefficient (Wildman–Crippen LogP) is 4.80. The van der Waals surface area contributed by atoms with Gasteiger partial charge in [-0.05, 0) is 35.2 Å². The molecule has 1 aliphatic heterocycles. The number of rotatable bonds is 4. The molecule has 1 fully saturated rings. The smallest absolute Gasteiger partial charge is 0.230 e. The highest BCUT2D eigenvalue weighted by molar-refractivity contribution is 7.08. The van der Waals surface area contributed by atoms with Gasteiger partial charge in [0.15, 0.2) is 0 Å². The summed E-state index contributed by atoms with van der Waals surface area (Å²) in [6.45, 7) is 0.755. The molecule has 5 rings (SSSR count). The van der Waals surface area contributed by atoms with Crippen molar-refractivity contribution in [3.05, 3.63) is 59.2 Å². The first kappa shape index (κ1) is 16.6. The summed E-state index contributed by atoms with van der Waals surface area (Å²) in [5, 5.41) is 5.06. The van der Waals surface area contributed by atoms with Crippen LogP contribution in [0.1, 0.15) is 24.6 Å². The first-order chi connectivity index (χ1) is 13.3. The van der Waals surface area contributed by atoms with E-state index < -0.39 is 0 Å². The first-order valence-corrected chi connectivity index (χ1v) is 10.00. The lowest BCUT2D eigenvalue weighted by Crippen LogP contribution is -2.26. The largest absolute Gasteiger partial charge is 0.437 e. The fourth-order valence-electron chi connectivity index (χ4n) is 3.75. The van der Waals surface area contributed by atoms with Gasteiger partial charge in [0.25, 0.3) is 0 Å². The fraction of sp³-hybridized carbons (Fsp3) is 0.238. The number of hydrogen-bond donors (Lipinski definition) is 1. The lowest BCUT2D eigenvalue weighted by Gasteiger charge is -2.18. The molecular weight excluding hydrogens is 358 g/mol. The third-order valence-electron chi connectivity index (χ3n) is 5.04. The van der Waals surface area contributed by atoms with Crippen LogP contribution in [0.15, 0.2) is 57.9 Å². The number of benzene rings is 1. The van der Waals surface area contributed by atoms with Crippen LogP contribution in [0, 0.1) is 0 Å². The second kappa shape index (κ2) is 6.88. The minimum atomic E-state index is -0.309. The van der Waals surface area contributed by atoms with Crippen LogP contribution < -0.4 is 5.73 Å². The summed E-state index contributed by atoms with van der Waals surface area (Å²) in [7, 11) is 0. The zero-order chi connectivity index (χ0) is 18.2. The molecule has 1 aliphatic rings. The van der Waals surface area contributed by atoms with Gasteiger partial charge >= 0.3 is 0 Å². The van der Waals surface area contributed by atoms with Crippen LogP contribution in [0.2, 0.25) is 0 Å². The number of hydrogen-bond acceptors (Lipinski definition) is 6. The monoisotopic (exact) mass is 377 g/mol. The molecule has 6 heteroatoms. The third kappa shape index (κ3) is 2.86. The van der Waals surface area contributed by atoms with Gasteiger partial charge in [-0.25, -0.2) is 9.97 Å². The zero-order valence-corrected chi connectivity index (χ0v) is 15.5. The van der Waals surface area contributed by atoms with E-state index >= 15 is 0 Å². The molecule has 0 spiro atoms. The van der Waals surface area contributed by atoms with E-state index in [2.05, 4.69) is 26.8 Å². The van der Waals surface area contributed by atoms with E-state index in [1.165, 1.54) is 6.33 Å². The zero-order valence-electron chi connectivity index (χ0n) is 14.7. The van der Waals surface area contributed by atoms with Crippen LogP contribution >= 0.6 is 11.3 Å². The molecule has 3 aromatic heterocycles. The summed E-state index contributed by atoms with van der Waals surface area (Å²) in [6, 6.07) is 11.9. The van der Waals surface area contributed by atoms with Gasteiger partial charge in [-0.2, -0.15) is 11.3 Å². The lowest BCUT2D eigenvalue weighted by molar-refractivity contribution is 0.0893. The third-order valence-corrected chi connectivity index (χ3v) is 5.73. The van der Waals surface area contributed by atoms with Crippen molar-refractivity contribution in [1.29, 1.82) is 0 Å². The second-order valence-electron chi connectivity index (χ2n) is 6.70. The number of ether oxygens (including phenoxy) is 1. The maximum atomic E-state index is 6.58. The molecule has 4 heterocycles. The summed E-state index contributed by atoms with van der Waals surface area (Å²) in [6.07, 6.45) is 3.49. The Balaban J connectivity index is 1.77. The average Bonchev–Trinajstić information content (AvgIpc) is 3.47. The van der Waals surface area contributed by atoms with Crippen molar-refractivity contribution in [2.75, 3.05) is 6.61 Å². The van der Waals surface area contributed by atoms with Crippen LogP contribution in [0.5, 0.6) is 0 Å². The number of fused-ring (bicyclic) bond motifs is 1. The Hall–Kier alpha value is -2.54. The molecule has 4 aromatic rings. The fourth-order valence-corrected chi connectivity index (χ4v) is 4.39. The Bertz CT molecular complexity index is 1050. The van der Waals surface area contributed by atoms with Crippen molar-refractivity contribution in [3.8, 4) is 22.5 Å². The summed E-state index contributed by atoms with van der Waals surface area (Å²) < 4.78 is 12.0. The topological polar surface area (TPSA) is 74.2 Å². The van der Waals surface area contributed by atoms with E-state index in [-0.39, 0.29) is 12.1 Å². The van der Waals surface area contributed by atoms with Crippen molar-refractivity contribution in [2.45, 2.75) is 25.0 Å². The average molecular weight is 377 g/mol. The maximum Gasteiger partial charge on any atom is 0.230 e. The predicted molar refractivity (Wildman–Crippen MR) is 106 cm³/mol. The van der Waals surface area contributed by atoms with Crippen LogP contribution in [0.4, 0.5) is 0 Å². The highest BCUT2D eigenvalue weighted by Gasteiger charge is 2.30. The Morgan fingerprint density at radius 3 is 2.74 bits per heavy atom. The molecule has 2 atom stereocenters. The van der Waals surface area contributed by atoms with E-state index in [1.54, 1.807) is 11.3 Å². The molecule has 1 aromatic carbocycles. The summed E-state index contributed by atoms with van der Waals surface area (Å²) >= 11 is 1.65. The molecule has 0 aliphatic carbocycles. The molecule has 1 saturated heterocycles. The second-order valence-corrected chi connectivity index (χ2v) is 7.48. The highest BCUT2D eigenvalue weighted by atomic mass is 32.1. The Morgan fingerprint density at radius 2 is 2.00 bits per heavy atom. The summed E-state index contributed by atoms with van der Waals surface area (Å²) in [4.78, 5) is 8.95. The van der Waals surface area contributed by atoms with Crippen molar-refractivity contribution >= 4 is 22.4 Å². The van der Waals surface area contributed by atoms with Gasteiger partial charge in [0.2, 0.25) is 5.71 Å². The molecule has 0 bridgehead atoms. The van der Waals surface area contributed by atoms with E-state index in [4.69, 9.17) is 14.9 Å². The van der Waals surface area contributed by atoms with Crippen molar-refractivity contribution in [2.24, 2.45) is 5.73 Å². The number of furan rings is 1. The van der Waals surface area contributed by atoms with Gasteiger partial charge in [-0.15, -0.1) is 0 Å². The van der Waals surface area contributed by atoms with Crippen molar-refractivity contribution in [1.82, 2.24) is 9.97 Å². The van der Waals surface area contributed by atoms with E-state index in [0.29, 0.717) is 5.71 Å². The molecule has 2 unspecified atom stereocenters. The van der Waals surface area contributed by atoms with E-state index in [9.17, 15) is 0 Å². The Labute approximate surface area is 160 Å². The SMILES string of the molecule is NC(c1ncnc2oc(-c3ccccc3)c(-c3ccsc3)c12)C1CCCO1. The van der Waals surface area contributed by atoms with Crippen molar-refractivity contribution in [3.63, 3.8) is 0 Å². The summed E-state index contributed by atoms with van der Waals surface area (Å²) in [5.41, 5.74) is 11.0. The normalized spacial score (nSPS) is 18.2. The van der Waals surface area contributed by atoms with Crippen molar-refractivity contribution < 1.29 is 9.15 Å². The van der Waals surface area contributed by atoms with Gasteiger partial charge in [-0.1, -0.05) is 30.3 Å². The van der Waals surface area contributed by atoms with Crippen LogP contribution in [0.25, 0.3) is 33.6 Å². The Morgan fingerprint density at radius 1 is 1.11 bits per heavy atom. The molecule has 27 heavy (non-hydrogen) atoms. The van der Waals surface area contributed by atoms with Crippen LogP contribution in [-0.4, -0.2) is 22.7 Å². The molecule has 0 amide bonds. The Kier molecular flexibility index (Phi) is 4.24. The van der Waals surface area contributed by atoms with Gasteiger partial charge in [0, 0.05) is 17.7 Å². The number of nitrogens with two attached hydrogens (primary N) is 1. The minimum absolute atomic E-state index is 0.0199. The van der Waals surface area contributed by atoms with Crippen LogP contribution in [-0.2, 0) is 4.74 Å². The van der Waals surface area contributed by atoms with Gasteiger partial charge in [0.05, 0.1) is 23.2 Å². The lowest BCUT2D eigenvalue weighted by atomic mass is 9.96. The van der Waals surface area contributed by atoms with E-state index in [1.807, 2.05) is 30.3 Å². The molecule has 5 nitrogen and oxygen atoms in total. The minimum Gasteiger partial charge on any atom is -0.437 e. The van der Waals surface area contributed by atoms with Gasteiger partial charge in [0.1, 0.15) is 12.1 Å². The molecule has 0 saturated carbocycles. The standard InChI is InChI=1S/C21H19N3O2S/c22-18(15-7-4-9-25-15)19-17-16(14-8-10-27-11-14)20(13-5-2-1-3-6-13)26-21(17)24-12-23-19/h1-3,5-6,8,10-12,15,18H,4,7,9,22H2. The number of thiophene rings is 1. The van der Waals surface area contributed by atoms with Crippen LogP contribution in [0.3, 0.4) is 0 Å². The molecule has 136 valence electrons. The van der Waals surface area contributed by atoms with Gasteiger partial charge < -0.3 is 14.9 Å².